The topological polar surface area (TPSA) is 102 Å². The van der Waals surface area contributed by atoms with Crippen LogP contribution >= 0.6 is 11.3 Å². The Kier molecular flexibility index (Phi) is 6.15. The van der Waals surface area contributed by atoms with Crippen LogP contribution in [0.4, 0.5) is 5.69 Å². The van der Waals surface area contributed by atoms with Crippen LogP contribution in [0.15, 0.2) is 69.9 Å². The lowest BCUT2D eigenvalue weighted by Gasteiger charge is -2.17. The second kappa shape index (κ2) is 9.64. The van der Waals surface area contributed by atoms with E-state index in [1.165, 1.54) is 15.8 Å². The second-order valence-corrected chi connectivity index (χ2v) is 11.1. The summed E-state index contributed by atoms with van der Waals surface area (Å²) in [6.07, 6.45) is 4.27. The van der Waals surface area contributed by atoms with Gasteiger partial charge >= 0.3 is 0 Å². The summed E-state index contributed by atoms with van der Waals surface area (Å²) < 4.78 is 3.05. The number of nitrogens with zero attached hydrogens (tertiary/aromatic N) is 5. The highest BCUT2D eigenvalue weighted by Crippen LogP contribution is 2.39. The predicted octanol–water partition coefficient (Wildman–Crippen LogP) is 5.91. The van der Waals surface area contributed by atoms with E-state index in [1.54, 1.807) is 15.9 Å². The second-order valence-electron chi connectivity index (χ2n) is 10.1. The van der Waals surface area contributed by atoms with E-state index in [2.05, 4.69) is 22.1 Å². The summed E-state index contributed by atoms with van der Waals surface area (Å²) in [5, 5.41) is 20.4. The molecule has 0 saturated carbocycles. The van der Waals surface area contributed by atoms with Gasteiger partial charge in [0.2, 0.25) is 5.88 Å². The maximum absolute atomic E-state index is 13.2. The minimum Gasteiger partial charge on any atom is -0.493 e. The fourth-order valence-electron chi connectivity index (χ4n) is 5.17. The standard InChI is InChI=1S/C29H27N5O3S/c1-17-7-10-19(11-8-17)14-34-22-6-4-3-5-20(22)26(29(34)37)32-31-24(35)15-33-16-30-27-25(28(33)36)21-12-9-18(2)13-23(21)38-27/h3-8,10-11,16,18,37H,9,12-15H2,1-2H3/t18-/m0/s1. The number of hydrogen-bond donors (Lipinski definition) is 1. The molecular weight excluding hydrogens is 498 g/mol. The molecular formula is C29H27N5O3S. The zero-order valence-electron chi connectivity index (χ0n) is 21.2. The molecule has 1 aliphatic carbocycles. The van der Waals surface area contributed by atoms with Crippen molar-refractivity contribution in [3.63, 3.8) is 0 Å². The fraction of sp³-hybridized carbons (Fsp3) is 0.276. The average molecular weight is 526 g/mol. The van der Waals surface area contributed by atoms with E-state index in [0.29, 0.717) is 23.2 Å². The summed E-state index contributed by atoms with van der Waals surface area (Å²) in [6, 6.07) is 15.6. The van der Waals surface area contributed by atoms with Gasteiger partial charge in [-0.2, -0.15) is 0 Å². The molecule has 0 spiro atoms. The number of hydrogen-bond acceptors (Lipinski definition) is 6. The molecule has 0 aliphatic heterocycles. The van der Waals surface area contributed by atoms with Crippen molar-refractivity contribution in [1.29, 1.82) is 0 Å². The number of aromatic hydroxyl groups is 1. The van der Waals surface area contributed by atoms with Gasteiger partial charge in [0.15, 0.2) is 5.69 Å². The van der Waals surface area contributed by atoms with E-state index in [9.17, 15) is 14.7 Å². The predicted molar refractivity (Wildman–Crippen MR) is 148 cm³/mol. The van der Waals surface area contributed by atoms with Crippen LogP contribution in [0.5, 0.6) is 5.88 Å². The molecule has 1 amide bonds. The molecule has 9 heteroatoms. The SMILES string of the molecule is Cc1ccc(Cn2c(O)c(N=NC(=O)Cn3cnc4sc5c(c4c3=O)CC[C@H](C)C5)c3ccccc32)cc1. The zero-order valence-corrected chi connectivity index (χ0v) is 22.0. The molecule has 1 aliphatic rings. The van der Waals surface area contributed by atoms with Gasteiger partial charge in [-0.3, -0.25) is 14.2 Å². The number of fused-ring (bicyclic) bond motifs is 4. The third-order valence-electron chi connectivity index (χ3n) is 7.23. The average Bonchev–Trinajstić information content (AvgIpc) is 3.40. The summed E-state index contributed by atoms with van der Waals surface area (Å²) in [7, 11) is 0. The quantitative estimate of drug-likeness (QED) is 0.288. The normalized spacial score (nSPS) is 15.5. The molecule has 1 atom stereocenters. The Balaban J connectivity index is 1.28. The first-order valence-electron chi connectivity index (χ1n) is 12.7. The molecule has 2 aromatic carbocycles. The van der Waals surface area contributed by atoms with Gasteiger partial charge in [-0.05, 0) is 49.3 Å². The number of aromatic nitrogens is 3. The number of para-hydroxylation sites is 1. The fourth-order valence-corrected chi connectivity index (χ4v) is 6.51. The number of amides is 1. The van der Waals surface area contributed by atoms with Gasteiger partial charge in [0.1, 0.15) is 11.4 Å². The van der Waals surface area contributed by atoms with Crippen molar-refractivity contribution in [3.8, 4) is 5.88 Å². The Morgan fingerprint density at radius 1 is 1.18 bits per heavy atom. The summed E-state index contributed by atoms with van der Waals surface area (Å²) >= 11 is 1.58. The van der Waals surface area contributed by atoms with Crippen LogP contribution in [0.1, 0.15) is 34.9 Å². The summed E-state index contributed by atoms with van der Waals surface area (Å²) in [4.78, 5) is 32.4. The van der Waals surface area contributed by atoms with E-state index in [-0.39, 0.29) is 23.7 Å². The molecule has 0 saturated heterocycles. The van der Waals surface area contributed by atoms with Crippen LogP contribution in [-0.4, -0.2) is 25.1 Å². The Labute approximate surface area is 222 Å². The lowest BCUT2D eigenvalue weighted by molar-refractivity contribution is -0.118. The molecule has 8 nitrogen and oxygen atoms in total. The third-order valence-corrected chi connectivity index (χ3v) is 8.39. The number of benzene rings is 2. The highest BCUT2D eigenvalue weighted by molar-refractivity contribution is 7.18. The Hall–Kier alpha value is -4.11. The monoisotopic (exact) mass is 525 g/mol. The van der Waals surface area contributed by atoms with Crippen molar-refractivity contribution in [2.45, 2.75) is 46.2 Å². The van der Waals surface area contributed by atoms with Crippen molar-refractivity contribution in [2.24, 2.45) is 16.1 Å². The first-order valence-corrected chi connectivity index (χ1v) is 13.5. The maximum Gasteiger partial charge on any atom is 0.284 e. The van der Waals surface area contributed by atoms with Crippen molar-refractivity contribution in [3.05, 3.63) is 86.8 Å². The minimum atomic E-state index is -0.597. The lowest BCUT2D eigenvalue weighted by Crippen LogP contribution is -2.24. The molecule has 0 bridgehead atoms. The Morgan fingerprint density at radius 3 is 2.79 bits per heavy atom. The van der Waals surface area contributed by atoms with Crippen LogP contribution in [0.25, 0.3) is 21.1 Å². The van der Waals surface area contributed by atoms with Crippen molar-refractivity contribution >= 4 is 44.1 Å². The third kappa shape index (κ3) is 4.32. The van der Waals surface area contributed by atoms with Crippen molar-refractivity contribution < 1.29 is 9.90 Å². The first kappa shape index (κ1) is 24.2. The van der Waals surface area contributed by atoms with Crippen LogP contribution in [0, 0.1) is 12.8 Å². The van der Waals surface area contributed by atoms with Crippen molar-refractivity contribution in [2.75, 3.05) is 0 Å². The molecule has 0 radical (unpaired) electrons. The molecule has 0 fully saturated rings. The van der Waals surface area contributed by atoms with Gasteiger partial charge in [0.25, 0.3) is 11.5 Å². The van der Waals surface area contributed by atoms with Gasteiger partial charge in [0.05, 0.1) is 23.8 Å². The van der Waals surface area contributed by atoms with E-state index >= 15 is 0 Å². The number of carbonyl (C=O) groups excluding carboxylic acids is 1. The summed E-state index contributed by atoms with van der Waals surface area (Å²) in [5.41, 5.74) is 4.06. The molecule has 38 heavy (non-hydrogen) atoms. The maximum atomic E-state index is 13.2. The molecule has 192 valence electrons. The van der Waals surface area contributed by atoms with Crippen LogP contribution < -0.4 is 5.56 Å². The van der Waals surface area contributed by atoms with Gasteiger partial charge in [-0.1, -0.05) is 55.0 Å². The number of aryl methyl sites for hydroxylation is 2. The van der Waals surface area contributed by atoms with Crippen LogP contribution in [0.2, 0.25) is 0 Å². The van der Waals surface area contributed by atoms with E-state index in [1.807, 2.05) is 55.5 Å². The Bertz CT molecular complexity index is 1780. The van der Waals surface area contributed by atoms with E-state index < -0.39 is 5.91 Å². The molecule has 1 N–H and O–H groups in total. The highest BCUT2D eigenvalue weighted by Gasteiger charge is 2.23. The molecule has 3 aromatic heterocycles. The van der Waals surface area contributed by atoms with E-state index in [0.717, 1.165) is 46.3 Å². The number of azo groups is 1. The highest BCUT2D eigenvalue weighted by atomic mass is 32.1. The summed E-state index contributed by atoms with van der Waals surface area (Å²) in [5.74, 6) is -0.0672. The van der Waals surface area contributed by atoms with Gasteiger partial charge in [-0.25, -0.2) is 4.98 Å². The van der Waals surface area contributed by atoms with Gasteiger partial charge < -0.3 is 9.67 Å². The number of thiophene rings is 1. The van der Waals surface area contributed by atoms with Crippen LogP contribution in [-0.2, 0) is 30.7 Å². The number of rotatable bonds is 5. The molecule has 0 unspecified atom stereocenters. The smallest absolute Gasteiger partial charge is 0.284 e. The first-order chi connectivity index (χ1) is 18.4. The Morgan fingerprint density at radius 2 is 1.97 bits per heavy atom. The minimum absolute atomic E-state index is 0.0669. The molecule has 6 rings (SSSR count). The molecule has 5 aromatic rings. The van der Waals surface area contributed by atoms with Gasteiger partial charge in [-0.15, -0.1) is 21.6 Å². The van der Waals surface area contributed by atoms with E-state index in [4.69, 9.17) is 0 Å². The summed E-state index contributed by atoms with van der Waals surface area (Å²) in [6.45, 7) is 4.43. The lowest BCUT2D eigenvalue weighted by atomic mass is 9.89. The number of carbonyl (C=O) groups is 1. The van der Waals surface area contributed by atoms with Gasteiger partial charge in [0, 0.05) is 10.3 Å². The van der Waals surface area contributed by atoms with Crippen LogP contribution in [0.3, 0.4) is 0 Å². The largest absolute Gasteiger partial charge is 0.493 e. The zero-order chi connectivity index (χ0) is 26.4. The molecule has 3 heterocycles. The van der Waals surface area contributed by atoms with Crippen molar-refractivity contribution in [1.82, 2.24) is 14.1 Å².